The van der Waals surface area contributed by atoms with Crippen molar-refractivity contribution >= 4 is 12.0 Å². The van der Waals surface area contributed by atoms with Crippen molar-refractivity contribution in [2.24, 2.45) is 0 Å². The zero-order valence-electron chi connectivity index (χ0n) is 17.7. The van der Waals surface area contributed by atoms with Crippen LogP contribution in [0.1, 0.15) is 41.4 Å². The van der Waals surface area contributed by atoms with Crippen molar-refractivity contribution in [3.8, 4) is 6.07 Å². The number of carbonyl (C=O) groups excluding carboxylic acids is 1. The number of nitrogens with one attached hydrogen (secondary N) is 1. The molecule has 0 aliphatic carbocycles. The van der Waals surface area contributed by atoms with Gasteiger partial charge in [0.15, 0.2) is 6.04 Å². The molecular formula is C23H23F4N3O2. The van der Waals surface area contributed by atoms with Crippen LogP contribution in [0.25, 0.3) is 6.08 Å². The van der Waals surface area contributed by atoms with Gasteiger partial charge in [-0.05, 0) is 62.1 Å². The molecule has 1 fully saturated rings. The molecule has 9 heteroatoms. The average Bonchev–Trinajstić information content (AvgIpc) is 3.34. The van der Waals surface area contributed by atoms with Crippen LogP contribution in [0.4, 0.5) is 17.6 Å². The molecule has 1 N–H and O–H groups in total. The summed E-state index contributed by atoms with van der Waals surface area (Å²) in [6.45, 7) is 5.03. The molecule has 1 aliphatic heterocycles. The molecule has 0 bridgehead atoms. The molecule has 1 amide bonds. The summed E-state index contributed by atoms with van der Waals surface area (Å²) < 4.78 is 61.4. The first-order chi connectivity index (χ1) is 15.1. The van der Waals surface area contributed by atoms with Gasteiger partial charge in [-0.15, -0.1) is 0 Å². The maximum absolute atomic E-state index is 13.5. The standard InChI is InChI=1S/C23H23F4N3O2/c1-14-10-17(15(2)30(14)13-20-4-3-9-32-20)11-18(12-28)22(31)29-21(23(25,26)27)16-5-7-19(24)8-6-16/h5-8,10-11,20-21H,3-4,9,13H2,1-2H3,(H,29,31)/b18-11-. The van der Waals surface area contributed by atoms with Crippen LogP contribution in [0, 0.1) is 31.0 Å². The van der Waals surface area contributed by atoms with Gasteiger partial charge >= 0.3 is 6.18 Å². The number of hydrogen-bond acceptors (Lipinski definition) is 3. The van der Waals surface area contributed by atoms with Crippen LogP contribution in [-0.4, -0.2) is 29.4 Å². The van der Waals surface area contributed by atoms with Gasteiger partial charge in [-0.1, -0.05) is 12.1 Å². The number of alkyl halides is 3. The van der Waals surface area contributed by atoms with Gasteiger partial charge in [-0.25, -0.2) is 4.39 Å². The fourth-order valence-electron chi connectivity index (χ4n) is 3.77. The molecule has 2 atom stereocenters. The minimum atomic E-state index is -4.83. The van der Waals surface area contributed by atoms with Crippen molar-refractivity contribution in [1.82, 2.24) is 9.88 Å². The van der Waals surface area contributed by atoms with E-state index in [1.54, 1.807) is 12.1 Å². The molecule has 2 heterocycles. The smallest absolute Gasteiger partial charge is 0.376 e. The van der Waals surface area contributed by atoms with E-state index in [4.69, 9.17) is 4.74 Å². The summed E-state index contributed by atoms with van der Waals surface area (Å²) in [5, 5.41) is 11.3. The number of hydrogen-bond donors (Lipinski definition) is 1. The molecule has 1 aromatic carbocycles. The molecule has 170 valence electrons. The molecule has 1 saturated heterocycles. The zero-order valence-corrected chi connectivity index (χ0v) is 17.7. The molecule has 0 radical (unpaired) electrons. The first kappa shape index (κ1) is 23.5. The number of halogens is 4. The van der Waals surface area contributed by atoms with E-state index in [9.17, 15) is 27.6 Å². The minimum absolute atomic E-state index is 0.0821. The van der Waals surface area contributed by atoms with Gasteiger partial charge in [0.25, 0.3) is 5.91 Å². The van der Waals surface area contributed by atoms with Crippen molar-refractivity contribution in [3.05, 3.63) is 64.2 Å². The third kappa shape index (κ3) is 5.37. The fourth-order valence-corrected chi connectivity index (χ4v) is 3.77. The van der Waals surface area contributed by atoms with Crippen molar-refractivity contribution < 1.29 is 27.1 Å². The molecule has 1 aliphatic rings. The molecule has 2 aromatic rings. The molecule has 32 heavy (non-hydrogen) atoms. The fraction of sp³-hybridized carbons (Fsp3) is 0.391. The van der Waals surface area contributed by atoms with Crippen LogP contribution in [0.2, 0.25) is 0 Å². The highest BCUT2D eigenvalue weighted by atomic mass is 19.4. The largest absolute Gasteiger partial charge is 0.412 e. The van der Waals surface area contributed by atoms with Gasteiger partial charge < -0.3 is 14.6 Å². The predicted molar refractivity (Wildman–Crippen MR) is 110 cm³/mol. The van der Waals surface area contributed by atoms with Crippen molar-refractivity contribution in [2.75, 3.05) is 6.61 Å². The number of ether oxygens (including phenoxy) is 1. The monoisotopic (exact) mass is 449 g/mol. The number of nitriles is 1. The summed E-state index contributed by atoms with van der Waals surface area (Å²) in [7, 11) is 0. The predicted octanol–water partition coefficient (Wildman–Crippen LogP) is 4.75. The normalized spacial score (nSPS) is 17.8. The number of amides is 1. The Kier molecular flexibility index (Phi) is 7.04. The average molecular weight is 449 g/mol. The van der Waals surface area contributed by atoms with Crippen molar-refractivity contribution in [1.29, 1.82) is 5.26 Å². The first-order valence-corrected chi connectivity index (χ1v) is 10.1. The lowest BCUT2D eigenvalue weighted by atomic mass is 10.1. The van der Waals surface area contributed by atoms with Crippen molar-refractivity contribution in [2.45, 2.75) is 51.6 Å². The van der Waals surface area contributed by atoms with E-state index in [1.807, 2.05) is 23.7 Å². The van der Waals surface area contributed by atoms with E-state index >= 15 is 0 Å². The van der Waals surface area contributed by atoms with Crippen LogP contribution in [0.15, 0.2) is 35.9 Å². The van der Waals surface area contributed by atoms with E-state index in [-0.39, 0.29) is 11.7 Å². The topological polar surface area (TPSA) is 67.0 Å². The lowest BCUT2D eigenvalue weighted by Gasteiger charge is -2.22. The second-order valence-electron chi connectivity index (χ2n) is 7.74. The van der Waals surface area contributed by atoms with Gasteiger partial charge in [-0.2, -0.15) is 18.4 Å². The maximum atomic E-state index is 13.5. The van der Waals surface area contributed by atoms with Gasteiger partial charge in [0.2, 0.25) is 0 Å². The number of rotatable bonds is 6. The second kappa shape index (κ2) is 9.57. The Morgan fingerprint density at radius 3 is 2.59 bits per heavy atom. The van der Waals surface area contributed by atoms with Crippen molar-refractivity contribution in [3.63, 3.8) is 0 Å². The van der Waals surface area contributed by atoms with E-state index in [2.05, 4.69) is 0 Å². The van der Waals surface area contributed by atoms with Crippen LogP contribution < -0.4 is 5.32 Å². The Morgan fingerprint density at radius 2 is 2.03 bits per heavy atom. The Bertz CT molecular complexity index is 1040. The summed E-state index contributed by atoms with van der Waals surface area (Å²) in [5.74, 6) is -1.86. The van der Waals surface area contributed by atoms with Crippen LogP contribution in [0.3, 0.4) is 0 Å². The Hall–Kier alpha value is -3.12. The highest BCUT2D eigenvalue weighted by Gasteiger charge is 2.42. The van der Waals surface area contributed by atoms with E-state index in [0.717, 1.165) is 48.5 Å². The quantitative estimate of drug-likeness (QED) is 0.393. The third-order valence-corrected chi connectivity index (χ3v) is 5.49. The second-order valence-corrected chi connectivity index (χ2v) is 7.74. The number of aryl methyl sites for hydroxylation is 1. The highest BCUT2D eigenvalue weighted by molar-refractivity contribution is 6.02. The van der Waals surface area contributed by atoms with Crippen LogP contribution in [-0.2, 0) is 16.1 Å². The maximum Gasteiger partial charge on any atom is 0.412 e. The zero-order chi connectivity index (χ0) is 23.5. The van der Waals surface area contributed by atoms with Gasteiger partial charge in [0, 0.05) is 24.5 Å². The Balaban J connectivity index is 1.84. The van der Waals surface area contributed by atoms with E-state index in [1.165, 1.54) is 6.08 Å². The molecule has 0 spiro atoms. The van der Waals surface area contributed by atoms with Gasteiger partial charge in [0.05, 0.1) is 6.10 Å². The molecular weight excluding hydrogens is 426 g/mol. The number of carbonyl (C=O) groups is 1. The lowest BCUT2D eigenvalue weighted by Crippen LogP contribution is -2.38. The molecule has 2 unspecified atom stereocenters. The van der Waals surface area contributed by atoms with E-state index in [0.29, 0.717) is 18.7 Å². The summed E-state index contributed by atoms with van der Waals surface area (Å²) in [6, 6.07) is 4.73. The number of benzene rings is 1. The Labute approximate surface area is 183 Å². The molecule has 1 aromatic heterocycles. The van der Waals surface area contributed by atoms with E-state index < -0.39 is 29.5 Å². The summed E-state index contributed by atoms with van der Waals surface area (Å²) in [6.07, 6.45) is -1.54. The van der Waals surface area contributed by atoms with Gasteiger partial charge in [0.1, 0.15) is 17.5 Å². The summed E-state index contributed by atoms with van der Waals surface area (Å²) in [4.78, 5) is 12.6. The highest BCUT2D eigenvalue weighted by Crippen LogP contribution is 2.33. The SMILES string of the molecule is Cc1cc(/C=C(/C#N)C(=O)NC(c2ccc(F)cc2)C(F)(F)F)c(C)n1CC1CCCO1. The van der Waals surface area contributed by atoms with Crippen LogP contribution in [0.5, 0.6) is 0 Å². The minimum Gasteiger partial charge on any atom is -0.376 e. The molecule has 3 rings (SSSR count). The third-order valence-electron chi connectivity index (χ3n) is 5.49. The number of nitrogens with zero attached hydrogens (tertiary/aromatic N) is 2. The summed E-state index contributed by atoms with van der Waals surface area (Å²) >= 11 is 0. The molecule has 0 saturated carbocycles. The summed E-state index contributed by atoms with van der Waals surface area (Å²) in [5.41, 5.74) is 1.45. The molecule has 5 nitrogen and oxygen atoms in total. The lowest BCUT2D eigenvalue weighted by molar-refractivity contribution is -0.162. The first-order valence-electron chi connectivity index (χ1n) is 10.1. The van der Waals surface area contributed by atoms with Crippen LogP contribution >= 0.6 is 0 Å². The van der Waals surface area contributed by atoms with Gasteiger partial charge in [-0.3, -0.25) is 4.79 Å². The Morgan fingerprint density at radius 1 is 1.34 bits per heavy atom. The number of aromatic nitrogens is 1.